The molecule has 1 unspecified atom stereocenters. The van der Waals surface area contributed by atoms with E-state index >= 15 is 0 Å². The number of carbonyl (C=O) groups is 2. The van der Waals surface area contributed by atoms with Crippen molar-refractivity contribution in [2.45, 2.75) is 24.9 Å². The van der Waals surface area contributed by atoms with Crippen LogP contribution >= 0.6 is 11.6 Å². The van der Waals surface area contributed by atoms with Crippen LogP contribution in [0.3, 0.4) is 0 Å². The van der Waals surface area contributed by atoms with Crippen molar-refractivity contribution in [2.24, 2.45) is 0 Å². The molecular formula is C20H15ClF3NO3. The first-order valence-corrected chi connectivity index (χ1v) is 8.72. The van der Waals surface area contributed by atoms with E-state index in [1.54, 1.807) is 24.3 Å². The number of Topliss-reactive ketones (excluding diaryl/α,β-unsaturated/α-hetero) is 1. The average Bonchev–Trinajstić information content (AvgIpc) is 2.62. The zero-order valence-corrected chi connectivity index (χ0v) is 15.1. The van der Waals surface area contributed by atoms with Crippen LogP contribution in [0.4, 0.5) is 18.9 Å². The minimum atomic E-state index is -4.45. The number of hydrogen-bond donors (Lipinski definition) is 2. The second-order valence-corrected chi connectivity index (χ2v) is 6.87. The Balaban J connectivity index is 1.76. The predicted molar refractivity (Wildman–Crippen MR) is 98.2 cm³/mol. The SMILES string of the molecule is O=C1CC(c2ccc(C(F)(F)F)cc2)CC(O)=C1C(=O)Nc1ccc(Cl)cc1. The van der Waals surface area contributed by atoms with Gasteiger partial charge in [0.1, 0.15) is 11.3 Å². The zero-order chi connectivity index (χ0) is 20.5. The fraction of sp³-hybridized carbons (Fsp3) is 0.200. The van der Waals surface area contributed by atoms with Crippen molar-refractivity contribution in [1.29, 1.82) is 0 Å². The van der Waals surface area contributed by atoms with Crippen LogP contribution in [0, 0.1) is 0 Å². The van der Waals surface area contributed by atoms with Gasteiger partial charge in [-0.15, -0.1) is 0 Å². The van der Waals surface area contributed by atoms with E-state index in [9.17, 15) is 27.9 Å². The van der Waals surface area contributed by atoms with E-state index in [-0.39, 0.29) is 24.2 Å². The normalized spacial score (nSPS) is 17.6. The lowest BCUT2D eigenvalue weighted by molar-refractivity contribution is -0.137. The molecule has 28 heavy (non-hydrogen) atoms. The molecule has 0 radical (unpaired) electrons. The van der Waals surface area contributed by atoms with Gasteiger partial charge in [0.25, 0.3) is 5.91 Å². The van der Waals surface area contributed by atoms with E-state index in [1.807, 2.05) is 0 Å². The summed E-state index contributed by atoms with van der Waals surface area (Å²) >= 11 is 5.77. The Morgan fingerprint density at radius 3 is 2.18 bits per heavy atom. The summed E-state index contributed by atoms with van der Waals surface area (Å²) in [5.74, 6) is -2.19. The van der Waals surface area contributed by atoms with Crippen molar-refractivity contribution in [2.75, 3.05) is 5.32 Å². The molecule has 3 rings (SSSR count). The molecule has 0 bridgehead atoms. The first kappa shape index (κ1) is 19.9. The maximum Gasteiger partial charge on any atom is 0.416 e. The molecule has 2 aromatic rings. The number of aliphatic hydroxyl groups is 1. The van der Waals surface area contributed by atoms with Gasteiger partial charge in [0.05, 0.1) is 5.56 Å². The van der Waals surface area contributed by atoms with Crippen molar-refractivity contribution < 1.29 is 27.9 Å². The van der Waals surface area contributed by atoms with Crippen LogP contribution in [0.5, 0.6) is 0 Å². The van der Waals surface area contributed by atoms with Crippen LogP contribution in [0.25, 0.3) is 0 Å². The van der Waals surface area contributed by atoms with E-state index in [0.29, 0.717) is 16.3 Å². The summed E-state index contributed by atoms with van der Waals surface area (Å²) in [6.45, 7) is 0. The smallest absolute Gasteiger partial charge is 0.416 e. The van der Waals surface area contributed by atoms with E-state index in [2.05, 4.69) is 5.32 Å². The van der Waals surface area contributed by atoms with Gasteiger partial charge < -0.3 is 10.4 Å². The Morgan fingerprint density at radius 2 is 1.64 bits per heavy atom. The number of nitrogens with one attached hydrogen (secondary N) is 1. The van der Waals surface area contributed by atoms with Crippen LogP contribution in [0.2, 0.25) is 5.02 Å². The molecule has 0 saturated carbocycles. The fourth-order valence-corrected chi connectivity index (χ4v) is 3.18. The van der Waals surface area contributed by atoms with E-state index in [4.69, 9.17) is 11.6 Å². The first-order chi connectivity index (χ1) is 13.1. The van der Waals surface area contributed by atoms with E-state index < -0.39 is 29.3 Å². The van der Waals surface area contributed by atoms with Crippen molar-refractivity contribution in [3.8, 4) is 0 Å². The molecule has 0 spiro atoms. The van der Waals surface area contributed by atoms with E-state index in [1.165, 1.54) is 12.1 Å². The molecule has 0 aromatic heterocycles. The summed E-state index contributed by atoms with van der Waals surface area (Å²) in [5.41, 5.74) is -0.225. The fourth-order valence-electron chi connectivity index (χ4n) is 3.06. The van der Waals surface area contributed by atoms with Gasteiger partial charge in [0, 0.05) is 23.6 Å². The molecule has 0 fully saturated rings. The third-order valence-electron chi connectivity index (χ3n) is 4.48. The number of hydrogen-bond acceptors (Lipinski definition) is 3. The Labute approximate surface area is 163 Å². The Hall–Kier alpha value is -2.80. The highest BCUT2D eigenvalue weighted by atomic mass is 35.5. The number of anilines is 1. The molecule has 0 heterocycles. The Bertz CT molecular complexity index is 935. The molecule has 2 N–H and O–H groups in total. The van der Waals surface area contributed by atoms with Gasteiger partial charge in [-0.1, -0.05) is 23.7 Å². The van der Waals surface area contributed by atoms with Crippen LogP contribution in [0.15, 0.2) is 59.9 Å². The number of allylic oxidation sites excluding steroid dienone is 1. The van der Waals surface area contributed by atoms with Crippen molar-refractivity contribution in [3.63, 3.8) is 0 Å². The molecule has 8 heteroatoms. The number of alkyl halides is 3. The molecule has 1 atom stereocenters. The standard InChI is InChI=1S/C20H15ClF3NO3/c21-14-5-7-15(8-6-14)25-19(28)18-16(26)9-12(10-17(18)27)11-1-3-13(4-2-11)20(22,23)24/h1-8,12,26H,9-10H2,(H,25,28). The molecular weight excluding hydrogens is 395 g/mol. The lowest BCUT2D eigenvalue weighted by Crippen LogP contribution is -2.27. The number of carbonyl (C=O) groups excluding carboxylic acids is 2. The average molecular weight is 410 g/mol. The summed E-state index contributed by atoms with van der Waals surface area (Å²) < 4.78 is 38.0. The monoisotopic (exact) mass is 409 g/mol. The molecule has 1 aliphatic carbocycles. The highest BCUT2D eigenvalue weighted by Gasteiger charge is 2.34. The highest BCUT2D eigenvalue weighted by Crippen LogP contribution is 2.36. The summed E-state index contributed by atoms with van der Waals surface area (Å²) in [7, 11) is 0. The highest BCUT2D eigenvalue weighted by molar-refractivity contribution is 6.30. The molecule has 146 valence electrons. The second-order valence-electron chi connectivity index (χ2n) is 6.43. The lowest BCUT2D eigenvalue weighted by atomic mass is 9.82. The van der Waals surface area contributed by atoms with Gasteiger partial charge in [0.2, 0.25) is 0 Å². The maximum atomic E-state index is 12.7. The Morgan fingerprint density at radius 1 is 1.04 bits per heavy atom. The summed E-state index contributed by atoms with van der Waals surface area (Å²) in [6, 6.07) is 10.7. The molecule has 1 aliphatic rings. The van der Waals surface area contributed by atoms with Gasteiger partial charge in [-0.25, -0.2) is 0 Å². The van der Waals surface area contributed by atoms with Gasteiger partial charge in [-0.2, -0.15) is 13.2 Å². The van der Waals surface area contributed by atoms with E-state index in [0.717, 1.165) is 12.1 Å². The minimum Gasteiger partial charge on any atom is -0.511 e. The van der Waals surface area contributed by atoms with Crippen LogP contribution in [-0.2, 0) is 15.8 Å². The Kier molecular flexibility index (Phi) is 5.47. The number of amides is 1. The molecule has 4 nitrogen and oxygen atoms in total. The molecule has 1 amide bonds. The molecule has 2 aromatic carbocycles. The first-order valence-electron chi connectivity index (χ1n) is 8.34. The maximum absolute atomic E-state index is 12.7. The largest absolute Gasteiger partial charge is 0.511 e. The predicted octanol–water partition coefficient (Wildman–Crippen LogP) is 5.26. The number of benzene rings is 2. The third kappa shape index (κ3) is 4.36. The van der Waals surface area contributed by atoms with Crippen LogP contribution < -0.4 is 5.32 Å². The topological polar surface area (TPSA) is 66.4 Å². The van der Waals surface area contributed by atoms with Crippen LogP contribution in [0.1, 0.15) is 29.9 Å². The summed E-state index contributed by atoms with van der Waals surface area (Å²) in [6.07, 6.45) is -4.55. The van der Waals surface area contributed by atoms with Crippen molar-refractivity contribution in [1.82, 2.24) is 0 Å². The lowest BCUT2D eigenvalue weighted by Gasteiger charge is -2.23. The molecule has 0 saturated heterocycles. The summed E-state index contributed by atoms with van der Waals surface area (Å²) in [4.78, 5) is 24.8. The number of halogens is 4. The number of ketones is 1. The quantitative estimate of drug-likeness (QED) is 0.680. The second kappa shape index (κ2) is 7.67. The number of rotatable bonds is 3. The van der Waals surface area contributed by atoms with Gasteiger partial charge in [-0.3, -0.25) is 9.59 Å². The third-order valence-corrected chi connectivity index (χ3v) is 4.73. The van der Waals surface area contributed by atoms with Gasteiger partial charge in [0.15, 0.2) is 5.78 Å². The van der Waals surface area contributed by atoms with Crippen molar-refractivity contribution in [3.05, 3.63) is 76.0 Å². The van der Waals surface area contributed by atoms with Crippen LogP contribution in [-0.4, -0.2) is 16.8 Å². The van der Waals surface area contributed by atoms with Gasteiger partial charge in [-0.05, 0) is 47.9 Å². The summed E-state index contributed by atoms with van der Waals surface area (Å²) in [5, 5.41) is 13.2. The molecule has 0 aliphatic heterocycles. The zero-order valence-electron chi connectivity index (χ0n) is 14.4. The number of aliphatic hydroxyl groups excluding tert-OH is 1. The minimum absolute atomic E-state index is 0.0134. The van der Waals surface area contributed by atoms with Gasteiger partial charge >= 0.3 is 6.18 Å². The van der Waals surface area contributed by atoms with Crippen molar-refractivity contribution >= 4 is 29.0 Å².